The second-order valence-electron chi connectivity index (χ2n) is 6.69. The number of hydrogen-bond acceptors (Lipinski definition) is 5. The van der Waals surface area contributed by atoms with Crippen LogP contribution in [0.2, 0.25) is 0 Å². The maximum atomic E-state index is 12.5. The molecule has 2 aromatic rings. The molecule has 0 aliphatic carbocycles. The zero-order valence-corrected chi connectivity index (χ0v) is 16.5. The van der Waals surface area contributed by atoms with Crippen LogP contribution in [0.15, 0.2) is 54.6 Å². The molecule has 1 N–H and O–H groups in total. The SMILES string of the molecule is CCOC(=O)c1ccccc1NC(=O)CC(=O)N1CCN(c2ccccc2)CC1. The molecule has 1 aliphatic rings. The van der Waals surface area contributed by atoms with Crippen molar-refractivity contribution in [2.45, 2.75) is 13.3 Å². The molecule has 0 unspecified atom stereocenters. The van der Waals surface area contributed by atoms with Crippen LogP contribution in [0.1, 0.15) is 23.7 Å². The highest BCUT2D eigenvalue weighted by molar-refractivity contribution is 6.06. The van der Waals surface area contributed by atoms with E-state index in [9.17, 15) is 14.4 Å². The number of benzene rings is 2. The lowest BCUT2D eigenvalue weighted by molar-refractivity contribution is -0.134. The van der Waals surface area contributed by atoms with E-state index in [0.717, 1.165) is 18.8 Å². The molecule has 7 nitrogen and oxygen atoms in total. The highest BCUT2D eigenvalue weighted by atomic mass is 16.5. The van der Waals surface area contributed by atoms with Gasteiger partial charge < -0.3 is 19.9 Å². The zero-order valence-electron chi connectivity index (χ0n) is 16.5. The van der Waals surface area contributed by atoms with Crippen molar-refractivity contribution >= 4 is 29.2 Å². The van der Waals surface area contributed by atoms with Crippen molar-refractivity contribution in [2.75, 3.05) is 43.0 Å². The number of piperazine rings is 1. The van der Waals surface area contributed by atoms with Gasteiger partial charge in [0.15, 0.2) is 0 Å². The fraction of sp³-hybridized carbons (Fsp3) is 0.318. The van der Waals surface area contributed by atoms with E-state index in [1.165, 1.54) is 0 Å². The Morgan fingerprint density at radius 1 is 0.931 bits per heavy atom. The van der Waals surface area contributed by atoms with Crippen LogP contribution in [0.25, 0.3) is 0 Å². The van der Waals surface area contributed by atoms with Gasteiger partial charge in [-0.2, -0.15) is 0 Å². The van der Waals surface area contributed by atoms with Crippen LogP contribution in [0.5, 0.6) is 0 Å². The molecule has 1 fully saturated rings. The second kappa shape index (κ2) is 9.73. The van der Waals surface area contributed by atoms with Crippen LogP contribution < -0.4 is 10.2 Å². The van der Waals surface area contributed by atoms with Crippen molar-refractivity contribution in [1.29, 1.82) is 0 Å². The number of nitrogens with zero attached hydrogens (tertiary/aromatic N) is 2. The fourth-order valence-electron chi connectivity index (χ4n) is 3.28. The summed E-state index contributed by atoms with van der Waals surface area (Å²) >= 11 is 0. The highest BCUT2D eigenvalue weighted by Crippen LogP contribution is 2.18. The summed E-state index contributed by atoms with van der Waals surface area (Å²) in [5, 5.41) is 2.66. The van der Waals surface area contributed by atoms with Gasteiger partial charge in [-0.25, -0.2) is 4.79 Å². The summed E-state index contributed by atoms with van der Waals surface area (Å²) in [5.74, 6) is -1.17. The third-order valence-corrected chi connectivity index (χ3v) is 4.76. The molecular formula is C22H25N3O4. The molecule has 0 bridgehead atoms. The van der Waals surface area contributed by atoms with E-state index in [1.54, 1.807) is 36.1 Å². The van der Waals surface area contributed by atoms with E-state index < -0.39 is 11.9 Å². The first-order valence-corrected chi connectivity index (χ1v) is 9.72. The van der Waals surface area contributed by atoms with E-state index >= 15 is 0 Å². The van der Waals surface area contributed by atoms with Gasteiger partial charge in [-0.05, 0) is 31.2 Å². The van der Waals surface area contributed by atoms with Crippen molar-refractivity contribution in [3.63, 3.8) is 0 Å². The Balaban J connectivity index is 1.53. The van der Waals surface area contributed by atoms with Crippen molar-refractivity contribution in [3.8, 4) is 0 Å². The molecule has 0 aromatic heterocycles. The summed E-state index contributed by atoms with van der Waals surface area (Å²) in [5.41, 5.74) is 1.75. The average molecular weight is 395 g/mol. The summed E-state index contributed by atoms with van der Waals surface area (Å²) in [6.07, 6.45) is -0.261. The Morgan fingerprint density at radius 2 is 1.59 bits per heavy atom. The van der Waals surface area contributed by atoms with Gasteiger partial charge in [-0.15, -0.1) is 0 Å². The van der Waals surface area contributed by atoms with Gasteiger partial charge in [-0.1, -0.05) is 30.3 Å². The standard InChI is InChI=1S/C22H25N3O4/c1-2-29-22(28)18-10-6-7-11-19(18)23-20(26)16-21(27)25-14-12-24(13-15-25)17-8-4-3-5-9-17/h3-11H,2,12-16H2,1H3,(H,23,26). The Kier molecular flexibility index (Phi) is 6.84. The zero-order chi connectivity index (χ0) is 20.6. The Bertz CT molecular complexity index is 861. The first-order chi connectivity index (χ1) is 14.1. The van der Waals surface area contributed by atoms with E-state index in [-0.39, 0.29) is 24.5 Å². The normalized spacial score (nSPS) is 13.7. The van der Waals surface area contributed by atoms with Crippen molar-refractivity contribution in [1.82, 2.24) is 4.90 Å². The van der Waals surface area contributed by atoms with Gasteiger partial charge >= 0.3 is 5.97 Å². The summed E-state index contributed by atoms with van der Waals surface area (Å²) < 4.78 is 5.00. The third-order valence-electron chi connectivity index (χ3n) is 4.76. The predicted molar refractivity (Wildman–Crippen MR) is 111 cm³/mol. The van der Waals surface area contributed by atoms with Gasteiger partial charge in [0, 0.05) is 31.9 Å². The van der Waals surface area contributed by atoms with Gasteiger partial charge in [0.2, 0.25) is 11.8 Å². The van der Waals surface area contributed by atoms with Crippen LogP contribution in [-0.2, 0) is 14.3 Å². The Labute approximate surface area is 170 Å². The lowest BCUT2D eigenvalue weighted by Gasteiger charge is -2.36. The number of esters is 1. The lowest BCUT2D eigenvalue weighted by Crippen LogP contribution is -2.49. The minimum absolute atomic E-state index is 0.219. The first kappa shape index (κ1) is 20.4. The Hall–Kier alpha value is -3.35. The van der Waals surface area contributed by atoms with E-state index in [0.29, 0.717) is 18.8 Å². The van der Waals surface area contributed by atoms with E-state index in [2.05, 4.69) is 10.2 Å². The second-order valence-corrected chi connectivity index (χ2v) is 6.69. The number of anilines is 2. The third kappa shape index (κ3) is 5.34. The van der Waals surface area contributed by atoms with Crippen LogP contribution in [-0.4, -0.2) is 55.5 Å². The van der Waals surface area contributed by atoms with Crippen LogP contribution in [0.3, 0.4) is 0 Å². The number of rotatable bonds is 6. The number of carbonyl (C=O) groups excluding carboxylic acids is 3. The Morgan fingerprint density at radius 3 is 2.28 bits per heavy atom. The molecule has 7 heteroatoms. The van der Waals surface area contributed by atoms with Crippen LogP contribution in [0, 0.1) is 0 Å². The maximum Gasteiger partial charge on any atom is 0.340 e. The lowest BCUT2D eigenvalue weighted by atomic mass is 10.1. The molecule has 0 radical (unpaired) electrons. The maximum absolute atomic E-state index is 12.5. The number of nitrogens with one attached hydrogen (secondary N) is 1. The molecule has 1 aliphatic heterocycles. The van der Waals surface area contributed by atoms with Gasteiger partial charge in [0.25, 0.3) is 0 Å². The molecule has 2 amide bonds. The summed E-state index contributed by atoms with van der Waals surface area (Å²) in [6.45, 7) is 4.55. The molecule has 0 saturated carbocycles. The summed E-state index contributed by atoms with van der Waals surface area (Å²) in [4.78, 5) is 40.8. The minimum Gasteiger partial charge on any atom is -0.462 e. The molecule has 0 atom stereocenters. The fourth-order valence-corrected chi connectivity index (χ4v) is 3.28. The average Bonchev–Trinajstić information content (AvgIpc) is 2.75. The number of ether oxygens (including phenoxy) is 1. The molecular weight excluding hydrogens is 370 g/mol. The monoisotopic (exact) mass is 395 g/mol. The molecule has 1 saturated heterocycles. The predicted octanol–water partition coefficient (Wildman–Crippen LogP) is 2.54. The summed E-state index contributed by atoms with van der Waals surface area (Å²) in [6, 6.07) is 16.7. The van der Waals surface area contributed by atoms with Gasteiger partial charge in [0.05, 0.1) is 17.9 Å². The van der Waals surface area contributed by atoms with Crippen molar-refractivity contribution < 1.29 is 19.1 Å². The largest absolute Gasteiger partial charge is 0.462 e. The van der Waals surface area contributed by atoms with E-state index in [4.69, 9.17) is 4.74 Å². The quantitative estimate of drug-likeness (QED) is 0.601. The number of amides is 2. The van der Waals surface area contributed by atoms with Crippen molar-refractivity contribution in [2.24, 2.45) is 0 Å². The molecule has 3 rings (SSSR count). The highest BCUT2D eigenvalue weighted by Gasteiger charge is 2.23. The number of carbonyl (C=O) groups is 3. The molecule has 152 valence electrons. The van der Waals surface area contributed by atoms with Gasteiger partial charge in [-0.3, -0.25) is 9.59 Å². The minimum atomic E-state index is -0.508. The topological polar surface area (TPSA) is 78.9 Å². The number of para-hydroxylation sites is 2. The number of hydrogen-bond donors (Lipinski definition) is 1. The van der Waals surface area contributed by atoms with Crippen LogP contribution in [0.4, 0.5) is 11.4 Å². The molecule has 1 heterocycles. The molecule has 29 heavy (non-hydrogen) atoms. The summed E-state index contributed by atoms with van der Waals surface area (Å²) in [7, 11) is 0. The van der Waals surface area contributed by atoms with Gasteiger partial charge in [0.1, 0.15) is 6.42 Å². The van der Waals surface area contributed by atoms with Crippen molar-refractivity contribution in [3.05, 3.63) is 60.2 Å². The molecule has 2 aromatic carbocycles. The van der Waals surface area contributed by atoms with E-state index in [1.807, 2.05) is 30.3 Å². The molecule has 0 spiro atoms. The smallest absolute Gasteiger partial charge is 0.340 e. The first-order valence-electron chi connectivity index (χ1n) is 9.72. The van der Waals surface area contributed by atoms with Crippen LogP contribution >= 0.6 is 0 Å².